The van der Waals surface area contributed by atoms with Crippen LogP contribution < -0.4 is 0 Å². The first-order valence-corrected chi connectivity index (χ1v) is 10.3. The second-order valence-corrected chi connectivity index (χ2v) is 9.46. The van der Waals surface area contributed by atoms with Crippen LogP contribution in [0, 0.1) is 11.3 Å². The predicted molar refractivity (Wildman–Crippen MR) is 90.1 cm³/mol. The molecule has 0 aromatic rings. The van der Waals surface area contributed by atoms with Crippen LogP contribution in [0.3, 0.4) is 0 Å². The van der Waals surface area contributed by atoms with Gasteiger partial charge in [0.1, 0.15) is 0 Å². The highest BCUT2D eigenvalue weighted by atomic mass is 32.2. The van der Waals surface area contributed by atoms with Gasteiger partial charge >= 0.3 is 0 Å². The van der Waals surface area contributed by atoms with E-state index in [1.165, 1.54) is 0 Å². The van der Waals surface area contributed by atoms with E-state index in [-0.39, 0.29) is 22.8 Å². The monoisotopic (exact) mass is 346 g/mol. The van der Waals surface area contributed by atoms with Gasteiger partial charge in [0.25, 0.3) is 0 Å². The highest BCUT2D eigenvalue weighted by Crippen LogP contribution is 2.44. The van der Waals surface area contributed by atoms with Crippen molar-refractivity contribution in [3.63, 3.8) is 0 Å². The molecule has 1 atom stereocenters. The summed E-state index contributed by atoms with van der Waals surface area (Å²) in [6.07, 6.45) is 2.02. The second kappa shape index (κ2) is 7.49. The molecular weight excluding hydrogens is 316 g/mol. The fourth-order valence-electron chi connectivity index (χ4n) is 3.90. The van der Waals surface area contributed by atoms with Crippen LogP contribution in [0.25, 0.3) is 0 Å². The number of rotatable bonds is 6. The number of ether oxygens (including phenoxy) is 1. The maximum atomic E-state index is 11.7. The van der Waals surface area contributed by atoms with Crippen molar-refractivity contribution < 1.29 is 17.9 Å². The van der Waals surface area contributed by atoms with Crippen LogP contribution in [-0.2, 0) is 19.4 Å². The van der Waals surface area contributed by atoms with E-state index in [1.54, 1.807) is 21.0 Å². The Morgan fingerprint density at radius 1 is 1.30 bits per heavy atom. The summed E-state index contributed by atoms with van der Waals surface area (Å²) in [6.45, 7) is 8.06. The molecule has 0 N–H and O–H groups in total. The zero-order chi connectivity index (χ0) is 17.1. The average Bonchev–Trinajstić information content (AvgIpc) is 2.86. The summed E-state index contributed by atoms with van der Waals surface area (Å²) in [5.74, 6) is 0.989. The van der Waals surface area contributed by atoms with E-state index in [9.17, 15) is 13.2 Å². The second-order valence-electron chi connectivity index (χ2n) is 6.99. The number of carbonyl (C=O) groups excluding carboxylic acids is 1. The van der Waals surface area contributed by atoms with Crippen molar-refractivity contribution in [2.75, 3.05) is 57.9 Å². The van der Waals surface area contributed by atoms with Crippen LogP contribution in [0.15, 0.2) is 0 Å². The van der Waals surface area contributed by atoms with Crippen molar-refractivity contribution in [2.24, 2.45) is 11.3 Å². The molecule has 23 heavy (non-hydrogen) atoms. The molecule has 2 heterocycles. The minimum atomic E-state index is -2.90. The first-order chi connectivity index (χ1) is 10.8. The lowest BCUT2D eigenvalue weighted by molar-refractivity contribution is -0.128. The number of likely N-dealkylation sites (tertiary alicyclic amines) is 2. The zero-order valence-electron chi connectivity index (χ0n) is 14.6. The Labute approximate surface area is 140 Å². The molecule has 6 nitrogen and oxygen atoms in total. The van der Waals surface area contributed by atoms with E-state index in [0.29, 0.717) is 19.1 Å². The maximum Gasteiger partial charge on any atom is 0.219 e. The lowest BCUT2D eigenvalue weighted by Gasteiger charge is -2.42. The van der Waals surface area contributed by atoms with Gasteiger partial charge in [0, 0.05) is 45.3 Å². The Hall–Kier alpha value is -0.660. The molecule has 1 amide bonds. The molecule has 134 valence electrons. The van der Waals surface area contributed by atoms with E-state index in [2.05, 4.69) is 4.90 Å². The number of nitrogens with zero attached hydrogens (tertiary/aromatic N) is 2. The molecular formula is C16H30N2O4S. The SMILES string of the molecule is CCS(=O)(=O)CCN1CCC2(CC1)CN(C(C)=O)CC2COC. The average molecular weight is 346 g/mol. The molecule has 2 saturated heterocycles. The summed E-state index contributed by atoms with van der Waals surface area (Å²) in [6, 6.07) is 0. The smallest absolute Gasteiger partial charge is 0.219 e. The topological polar surface area (TPSA) is 66.9 Å². The Morgan fingerprint density at radius 2 is 1.96 bits per heavy atom. The molecule has 2 aliphatic heterocycles. The summed E-state index contributed by atoms with van der Waals surface area (Å²) >= 11 is 0. The van der Waals surface area contributed by atoms with Crippen LogP contribution in [-0.4, -0.2) is 82.1 Å². The van der Waals surface area contributed by atoms with Gasteiger partial charge in [-0.25, -0.2) is 8.42 Å². The fourth-order valence-corrected chi connectivity index (χ4v) is 4.73. The molecule has 2 rings (SSSR count). The van der Waals surface area contributed by atoms with Crippen molar-refractivity contribution in [3.05, 3.63) is 0 Å². The third kappa shape index (κ3) is 4.45. The van der Waals surface area contributed by atoms with Gasteiger partial charge < -0.3 is 14.5 Å². The molecule has 2 fully saturated rings. The first-order valence-electron chi connectivity index (χ1n) is 8.49. The molecule has 0 saturated carbocycles. The summed E-state index contributed by atoms with van der Waals surface area (Å²) in [5, 5.41) is 0. The fraction of sp³-hybridized carbons (Fsp3) is 0.938. The van der Waals surface area contributed by atoms with Gasteiger partial charge in [0.05, 0.1) is 12.4 Å². The molecule has 0 aromatic heterocycles. The van der Waals surface area contributed by atoms with E-state index >= 15 is 0 Å². The van der Waals surface area contributed by atoms with Crippen LogP contribution in [0.1, 0.15) is 26.7 Å². The summed E-state index contributed by atoms with van der Waals surface area (Å²) in [7, 11) is -1.18. The number of carbonyl (C=O) groups is 1. The van der Waals surface area contributed by atoms with Gasteiger partial charge in [0.15, 0.2) is 9.84 Å². The first kappa shape index (κ1) is 18.7. The normalized spacial score (nSPS) is 25.2. The molecule has 0 radical (unpaired) electrons. The number of hydrogen-bond acceptors (Lipinski definition) is 5. The van der Waals surface area contributed by atoms with E-state index in [1.807, 2.05) is 4.90 Å². The van der Waals surface area contributed by atoms with E-state index in [0.717, 1.165) is 39.0 Å². The largest absolute Gasteiger partial charge is 0.384 e. The van der Waals surface area contributed by atoms with Crippen molar-refractivity contribution in [1.29, 1.82) is 0 Å². The number of methoxy groups -OCH3 is 1. The molecule has 1 spiro atoms. The van der Waals surface area contributed by atoms with Gasteiger partial charge in [-0.15, -0.1) is 0 Å². The quantitative estimate of drug-likeness (QED) is 0.706. The van der Waals surface area contributed by atoms with Crippen molar-refractivity contribution >= 4 is 15.7 Å². The molecule has 1 unspecified atom stereocenters. The van der Waals surface area contributed by atoms with Gasteiger partial charge in [-0.05, 0) is 31.3 Å². The Bertz CT molecular complexity index is 512. The van der Waals surface area contributed by atoms with Gasteiger partial charge in [-0.2, -0.15) is 0 Å². The van der Waals surface area contributed by atoms with Crippen molar-refractivity contribution in [2.45, 2.75) is 26.7 Å². The van der Waals surface area contributed by atoms with Crippen LogP contribution in [0.4, 0.5) is 0 Å². The van der Waals surface area contributed by atoms with E-state index in [4.69, 9.17) is 4.74 Å². The van der Waals surface area contributed by atoms with E-state index < -0.39 is 9.84 Å². The number of amides is 1. The summed E-state index contributed by atoms with van der Waals surface area (Å²) in [5.41, 5.74) is 0.141. The van der Waals surface area contributed by atoms with Gasteiger partial charge in [-0.1, -0.05) is 6.92 Å². The Balaban J connectivity index is 1.94. The van der Waals surface area contributed by atoms with Gasteiger partial charge in [0.2, 0.25) is 5.91 Å². The lowest BCUT2D eigenvalue weighted by Crippen LogP contribution is -2.46. The number of piperidine rings is 1. The van der Waals surface area contributed by atoms with Crippen molar-refractivity contribution in [3.8, 4) is 0 Å². The molecule has 2 aliphatic rings. The molecule has 0 bridgehead atoms. The number of hydrogen-bond donors (Lipinski definition) is 0. The summed E-state index contributed by atoms with van der Waals surface area (Å²) < 4.78 is 28.7. The summed E-state index contributed by atoms with van der Waals surface area (Å²) in [4.78, 5) is 15.9. The Kier molecular flexibility index (Phi) is 6.08. The lowest BCUT2D eigenvalue weighted by atomic mass is 9.71. The third-order valence-electron chi connectivity index (χ3n) is 5.64. The molecule has 0 aliphatic carbocycles. The Morgan fingerprint density at radius 3 is 2.48 bits per heavy atom. The number of sulfone groups is 1. The molecule has 0 aromatic carbocycles. The van der Waals surface area contributed by atoms with Gasteiger partial charge in [-0.3, -0.25) is 4.79 Å². The van der Waals surface area contributed by atoms with Crippen LogP contribution in [0.2, 0.25) is 0 Å². The third-order valence-corrected chi connectivity index (χ3v) is 7.32. The minimum absolute atomic E-state index is 0.138. The molecule has 7 heteroatoms. The maximum absolute atomic E-state index is 11.7. The standard InChI is InChI=1S/C16H30N2O4S/c1-4-23(20,21)10-9-17-7-5-16(6-8-17)13-18(14(2)19)11-15(16)12-22-3/h15H,4-13H2,1-3H3. The highest BCUT2D eigenvalue weighted by Gasteiger charge is 2.48. The zero-order valence-corrected chi connectivity index (χ0v) is 15.4. The predicted octanol–water partition coefficient (Wildman–Crippen LogP) is 0.628. The van der Waals surface area contributed by atoms with Crippen LogP contribution >= 0.6 is 0 Å². The highest BCUT2D eigenvalue weighted by molar-refractivity contribution is 7.91. The van der Waals surface area contributed by atoms with Crippen molar-refractivity contribution in [1.82, 2.24) is 9.80 Å². The minimum Gasteiger partial charge on any atom is -0.384 e. The van der Waals surface area contributed by atoms with Crippen LogP contribution in [0.5, 0.6) is 0 Å².